The molecule has 0 spiro atoms. The molecule has 0 unspecified atom stereocenters. The van der Waals surface area contributed by atoms with Crippen molar-refractivity contribution in [3.63, 3.8) is 0 Å². The number of thioether (sulfide) groups is 1. The highest BCUT2D eigenvalue weighted by Crippen LogP contribution is 2.15. The Morgan fingerprint density at radius 2 is 2.50 bits per heavy atom. The fourth-order valence-electron chi connectivity index (χ4n) is 1.17. The highest BCUT2D eigenvalue weighted by atomic mass is 32.2. The van der Waals surface area contributed by atoms with Crippen LogP contribution in [0.5, 0.6) is 0 Å². The number of hydrogen-bond donors (Lipinski definition) is 1. The van der Waals surface area contributed by atoms with Gasteiger partial charge in [-0.15, -0.1) is 10.2 Å². The molecule has 0 atom stereocenters. The van der Waals surface area contributed by atoms with Gasteiger partial charge in [-0.25, -0.2) is 0 Å². The zero-order chi connectivity index (χ0) is 11.4. The minimum absolute atomic E-state index is 0.0237. The van der Waals surface area contributed by atoms with Gasteiger partial charge in [-0.3, -0.25) is 4.79 Å². The van der Waals surface area contributed by atoms with Gasteiger partial charge in [0.05, 0.1) is 24.8 Å². The van der Waals surface area contributed by atoms with Gasteiger partial charge in [0.1, 0.15) is 6.33 Å². The Labute approximate surface area is 95.3 Å². The lowest BCUT2D eigenvalue weighted by Crippen LogP contribution is -2.03. The standard InChI is InChI=1S/C9H9N3O3S/c13-8(14)5-16-9-11-10-6-12(9)3-7-1-2-15-4-7/h1-2,4,6H,3,5H2,(H,13,14). The monoisotopic (exact) mass is 239 g/mol. The van der Waals surface area contributed by atoms with Crippen LogP contribution in [-0.4, -0.2) is 31.6 Å². The topological polar surface area (TPSA) is 81.1 Å². The van der Waals surface area contributed by atoms with Crippen molar-refractivity contribution in [2.45, 2.75) is 11.7 Å². The second-order valence-corrected chi connectivity index (χ2v) is 4.00. The Morgan fingerprint density at radius 1 is 1.62 bits per heavy atom. The first-order valence-corrected chi connectivity index (χ1v) is 5.48. The summed E-state index contributed by atoms with van der Waals surface area (Å²) >= 11 is 1.14. The van der Waals surface area contributed by atoms with Crippen molar-refractivity contribution in [2.75, 3.05) is 5.75 Å². The summed E-state index contributed by atoms with van der Waals surface area (Å²) in [5.41, 5.74) is 0.983. The van der Waals surface area contributed by atoms with Crippen molar-refractivity contribution >= 4 is 17.7 Å². The fraction of sp³-hybridized carbons (Fsp3) is 0.222. The Kier molecular flexibility index (Phi) is 3.25. The average molecular weight is 239 g/mol. The first kappa shape index (κ1) is 10.7. The molecule has 0 radical (unpaired) electrons. The van der Waals surface area contributed by atoms with Crippen LogP contribution >= 0.6 is 11.8 Å². The summed E-state index contributed by atoms with van der Waals surface area (Å²) in [6.07, 6.45) is 4.78. The molecule has 2 aromatic rings. The molecule has 2 rings (SSSR count). The van der Waals surface area contributed by atoms with Gasteiger partial charge in [0, 0.05) is 5.56 Å². The summed E-state index contributed by atoms with van der Waals surface area (Å²) in [5, 5.41) is 16.8. The van der Waals surface area contributed by atoms with E-state index in [1.54, 1.807) is 23.4 Å². The van der Waals surface area contributed by atoms with Gasteiger partial charge in [-0.05, 0) is 6.07 Å². The maximum absolute atomic E-state index is 10.4. The summed E-state index contributed by atoms with van der Waals surface area (Å²) in [5.74, 6) is -0.896. The molecule has 0 bridgehead atoms. The number of aromatic nitrogens is 3. The van der Waals surface area contributed by atoms with Crippen LogP contribution in [0.1, 0.15) is 5.56 Å². The Morgan fingerprint density at radius 3 is 3.19 bits per heavy atom. The third-order valence-electron chi connectivity index (χ3n) is 1.84. The van der Waals surface area contributed by atoms with E-state index in [0.717, 1.165) is 17.3 Å². The van der Waals surface area contributed by atoms with Gasteiger partial charge in [0.25, 0.3) is 0 Å². The highest BCUT2D eigenvalue weighted by molar-refractivity contribution is 7.99. The van der Waals surface area contributed by atoms with Crippen LogP contribution in [0.4, 0.5) is 0 Å². The van der Waals surface area contributed by atoms with E-state index in [0.29, 0.717) is 11.7 Å². The van der Waals surface area contributed by atoms with E-state index in [-0.39, 0.29) is 5.75 Å². The zero-order valence-electron chi connectivity index (χ0n) is 8.24. The molecule has 1 N–H and O–H groups in total. The van der Waals surface area contributed by atoms with E-state index in [1.807, 2.05) is 6.07 Å². The SMILES string of the molecule is O=C(O)CSc1nncn1Cc1ccoc1. The van der Waals surface area contributed by atoms with Crippen LogP contribution in [-0.2, 0) is 11.3 Å². The van der Waals surface area contributed by atoms with Crippen molar-refractivity contribution in [2.24, 2.45) is 0 Å². The maximum atomic E-state index is 10.4. The van der Waals surface area contributed by atoms with Gasteiger partial charge in [-0.1, -0.05) is 11.8 Å². The molecule has 0 amide bonds. The zero-order valence-corrected chi connectivity index (χ0v) is 9.05. The third-order valence-corrected chi connectivity index (χ3v) is 2.80. The molecule has 0 saturated carbocycles. The predicted molar refractivity (Wildman–Crippen MR) is 56.2 cm³/mol. The predicted octanol–water partition coefficient (Wildman–Crippen LogP) is 1.10. The van der Waals surface area contributed by atoms with Gasteiger partial charge >= 0.3 is 5.97 Å². The number of hydrogen-bond acceptors (Lipinski definition) is 5. The van der Waals surface area contributed by atoms with E-state index in [1.165, 1.54) is 0 Å². The van der Waals surface area contributed by atoms with Crippen molar-refractivity contribution in [1.82, 2.24) is 14.8 Å². The minimum Gasteiger partial charge on any atom is -0.481 e. The van der Waals surface area contributed by atoms with Crippen molar-refractivity contribution in [3.05, 3.63) is 30.5 Å². The summed E-state index contributed by atoms with van der Waals surface area (Å²) in [7, 11) is 0. The molecule has 0 aliphatic carbocycles. The quantitative estimate of drug-likeness (QED) is 0.787. The first-order valence-electron chi connectivity index (χ1n) is 4.49. The molecule has 2 heterocycles. The Bertz CT molecular complexity index is 466. The van der Waals surface area contributed by atoms with Gasteiger partial charge in [0.2, 0.25) is 0 Å². The summed E-state index contributed by atoms with van der Waals surface area (Å²) < 4.78 is 6.72. The molecule has 7 heteroatoms. The van der Waals surface area contributed by atoms with Crippen molar-refractivity contribution in [1.29, 1.82) is 0 Å². The molecular weight excluding hydrogens is 230 g/mol. The largest absolute Gasteiger partial charge is 0.481 e. The summed E-state index contributed by atoms with van der Waals surface area (Å²) in [6.45, 7) is 0.575. The van der Waals surface area contributed by atoms with E-state index >= 15 is 0 Å². The number of furan rings is 1. The number of carbonyl (C=O) groups is 1. The number of carboxylic acid groups (broad SMARTS) is 1. The summed E-state index contributed by atoms with van der Waals surface area (Å²) in [4.78, 5) is 10.4. The maximum Gasteiger partial charge on any atom is 0.313 e. The molecule has 0 aromatic carbocycles. The average Bonchev–Trinajstić information content (AvgIpc) is 2.87. The van der Waals surface area contributed by atoms with Gasteiger partial charge in [-0.2, -0.15) is 0 Å². The molecule has 0 aliphatic rings. The van der Waals surface area contributed by atoms with Crippen LogP contribution in [0, 0.1) is 0 Å². The minimum atomic E-state index is -0.872. The lowest BCUT2D eigenvalue weighted by molar-refractivity contribution is -0.133. The molecule has 0 saturated heterocycles. The van der Waals surface area contributed by atoms with E-state index in [2.05, 4.69) is 10.2 Å². The van der Waals surface area contributed by atoms with E-state index < -0.39 is 5.97 Å². The van der Waals surface area contributed by atoms with Gasteiger partial charge < -0.3 is 14.1 Å². The number of rotatable bonds is 5. The van der Waals surface area contributed by atoms with E-state index in [4.69, 9.17) is 9.52 Å². The summed E-state index contributed by atoms with van der Waals surface area (Å²) in [6, 6.07) is 1.84. The molecule has 16 heavy (non-hydrogen) atoms. The van der Waals surface area contributed by atoms with Crippen LogP contribution in [0.3, 0.4) is 0 Å². The van der Waals surface area contributed by atoms with Crippen LogP contribution in [0.15, 0.2) is 34.5 Å². The molecule has 2 aromatic heterocycles. The molecular formula is C9H9N3O3S. The Hall–Kier alpha value is -1.76. The number of carboxylic acids is 1. The third kappa shape index (κ3) is 2.63. The molecule has 0 aliphatic heterocycles. The second-order valence-electron chi connectivity index (χ2n) is 3.06. The number of aliphatic carboxylic acids is 1. The Balaban J connectivity index is 2.04. The fourth-order valence-corrected chi connectivity index (χ4v) is 1.81. The molecule has 84 valence electrons. The lowest BCUT2D eigenvalue weighted by atomic mass is 10.3. The highest BCUT2D eigenvalue weighted by Gasteiger charge is 2.08. The smallest absolute Gasteiger partial charge is 0.313 e. The number of nitrogens with zero attached hydrogens (tertiary/aromatic N) is 3. The lowest BCUT2D eigenvalue weighted by Gasteiger charge is -2.02. The molecule has 6 nitrogen and oxygen atoms in total. The molecule has 0 fully saturated rings. The van der Waals surface area contributed by atoms with Crippen molar-refractivity contribution < 1.29 is 14.3 Å². The normalized spacial score (nSPS) is 10.5. The van der Waals surface area contributed by atoms with Crippen LogP contribution in [0.2, 0.25) is 0 Å². The first-order chi connectivity index (χ1) is 7.75. The van der Waals surface area contributed by atoms with Gasteiger partial charge in [0.15, 0.2) is 5.16 Å². The van der Waals surface area contributed by atoms with Crippen LogP contribution < -0.4 is 0 Å². The van der Waals surface area contributed by atoms with Crippen LogP contribution in [0.25, 0.3) is 0 Å². The van der Waals surface area contributed by atoms with E-state index in [9.17, 15) is 4.79 Å². The van der Waals surface area contributed by atoms with Crippen molar-refractivity contribution in [3.8, 4) is 0 Å². The second kappa shape index (κ2) is 4.84.